The van der Waals surface area contributed by atoms with Crippen LogP contribution < -0.4 is 22.1 Å². The maximum atomic E-state index is 12.9. The minimum Gasteiger partial charge on any atom is -0.465 e. The summed E-state index contributed by atoms with van der Waals surface area (Å²) in [5.74, 6) is -0.446. The molecule has 3 unspecified atom stereocenters. The highest BCUT2D eigenvalue weighted by Crippen LogP contribution is 2.19. The van der Waals surface area contributed by atoms with Gasteiger partial charge in [0.1, 0.15) is 6.04 Å². The first kappa shape index (κ1) is 53.3. The number of carbonyl (C=O) groups is 4. The second kappa shape index (κ2) is 39.8. The molecule has 0 rings (SSSR count). The highest BCUT2D eigenvalue weighted by Gasteiger charge is 2.21. The van der Waals surface area contributed by atoms with Crippen molar-refractivity contribution in [2.24, 2.45) is 28.3 Å². The number of hydrogen-bond acceptors (Lipinski definition) is 7. The highest BCUT2D eigenvalue weighted by atomic mass is 16.5. The predicted molar refractivity (Wildman–Crippen MR) is 224 cm³/mol. The van der Waals surface area contributed by atoms with Gasteiger partial charge in [0, 0.05) is 19.5 Å². The number of amides is 2. The molecule has 0 aromatic heterocycles. The highest BCUT2D eigenvalue weighted by molar-refractivity contribution is 5.87. The van der Waals surface area contributed by atoms with Crippen LogP contribution in [0.25, 0.3) is 0 Å². The average molecular weight is 768 g/mol. The van der Waals surface area contributed by atoms with Gasteiger partial charge < -0.3 is 31.6 Å². The Morgan fingerprint density at radius 1 is 0.556 bits per heavy atom. The van der Waals surface area contributed by atoms with Gasteiger partial charge in [0.25, 0.3) is 0 Å². The SMILES string of the molecule is CC.CCCCCC(CCC)C(=O)OCCCCCCCCNC(=O)C(CCN=C(N)N)NC(=O)CCCCCCCOC(=O)C(CCC)CCCCC. The van der Waals surface area contributed by atoms with Gasteiger partial charge in [0.05, 0.1) is 25.0 Å². The van der Waals surface area contributed by atoms with Crippen molar-refractivity contribution in [2.45, 2.75) is 208 Å². The van der Waals surface area contributed by atoms with E-state index in [2.05, 4.69) is 43.3 Å². The van der Waals surface area contributed by atoms with Gasteiger partial charge in [0.2, 0.25) is 11.8 Å². The number of nitrogens with zero attached hydrogens (tertiary/aromatic N) is 1. The summed E-state index contributed by atoms with van der Waals surface area (Å²) in [5, 5.41) is 5.83. The van der Waals surface area contributed by atoms with Crippen molar-refractivity contribution >= 4 is 29.7 Å². The summed E-state index contributed by atoms with van der Waals surface area (Å²) in [6, 6.07) is -0.699. The molecule has 54 heavy (non-hydrogen) atoms. The quantitative estimate of drug-likeness (QED) is 0.0211. The molecule has 11 nitrogen and oxygen atoms in total. The third kappa shape index (κ3) is 32.6. The van der Waals surface area contributed by atoms with Crippen molar-refractivity contribution in [3.63, 3.8) is 0 Å². The Kier molecular flexibility index (Phi) is 39.3. The van der Waals surface area contributed by atoms with Gasteiger partial charge in [-0.1, -0.05) is 138 Å². The van der Waals surface area contributed by atoms with E-state index in [0.717, 1.165) is 148 Å². The molecule has 318 valence electrons. The molecule has 6 N–H and O–H groups in total. The van der Waals surface area contributed by atoms with Crippen LogP contribution in [-0.4, -0.2) is 62.1 Å². The predicted octanol–water partition coefficient (Wildman–Crippen LogP) is 9.04. The first-order valence-corrected chi connectivity index (χ1v) is 22.2. The van der Waals surface area contributed by atoms with Crippen molar-refractivity contribution in [1.82, 2.24) is 10.6 Å². The summed E-state index contributed by atoms with van der Waals surface area (Å²) in [7, 11) is 0. The molecule has 0 aromatic carbocycles. The van der Waals surface area contributed by atoms with E-state index >= 15 is 0 Å². The Labute approximate surface area is 331 Å². The fourth-order valence-corrected chi connectivity index (χ4v) is 6.36. The molecular formula is C43H85N5O6. The van der Waals surface area contributed by atoms with Gasteiger partial charge >= 0.3 is 11.9 Å². The number of guanidine groups is 1. The number of rotatable bonds is 36. The molecule has 0 radical (unpaired) electrons. The lowest BCUT2D eigenvalue weighted by Crippen LogP contribution is -2.47. The van der Waals surface area contributed by atoms with Gasteiger partial charge in [-0.2, -0.15) is 0 Å². The van der Waals surface area contributed by atoms with E-state index in [4.69, 9.17) is 20.9 Å². The van der Waals surface area contributed by atoms with Crippen molar-refractivity contribution in [3.05, 3.63) is 0 Å². The Morgan fingerprint density at radius 3 is 1.48 bits per heavy atom. The Bertz CT molecular complexity index is 943. The molecule has 0 fully saturated rings. The minimum absolute atomic E-state index is 0.0235. The first-order valence-electron chi connectivity index (χ1n) is 22.2. The van der Waals surface area contributed by atoms with Crippen LogP contribution >= 0.6 is 0 Å². The van der Waals surface area contributed by atoms with Crippen LogP contribution in [0.2, 0.25) is 0 Å². The summed E-state index contributed by atoms with van der Waals surface area (Å²) < 4.78 is 11.1. The molecule has 0 bridgehead atoms. The van der Waals surface area contributed by atoms with Crippen LogP contribution in [0.15, 0.2) is 4.99 Å². The van der Waals surface area contributed by atoms with Crippen LogP contribution in [0.1, 0.15) is 202 Å². The average Bonchev–Trinajstić information content (AvgIpc) is 3.16. The molecule has 3 atom stereocenters. The van der Waals surface area contributed by atoms with Crippen LogP contribution in [-0.2, 0) is 28.7 Å². The lowest BCUT2D eigenvalue weighted by molar-refractivity contribution is -0.150. The van der Waals surface area contributed by atoms with Gasteiger partial charge in [-0.3, -0.25) is 24.2 Å². The van der Waals surface area contributed by atoms with E-state index in [9.17, 15) is 19.2 Å². The number of ether oxygens (including phenoxy) is 2. The zero-order valence-electron chi connectivity index (χ0n) is 35.8. The molecule has 0 saturated carbocycles. The van der Waals surface area contributed by atoms with Gasteiger partial charge in [-0.05, 0) is 57.8 Å². The molecular weight excluding hydrogens is 683 g/mol. The number of carbonyl (C=O) groups excluding carboxylic acids is 4. The lowest BCUT2D eigenvalue weighted by atomic mass is 9.97. The Morgan fingerprint density at radius 2 is 1.02 bits per heavy atom. The molecule has 0 aromatic rings. The second-order valence-corrected chi connectivity index (χ2v) is 14.4. The first-order chi connectivity index (χ1) is 26.2. The van der Waals surface area contributed by atoms with E-state index < -0.39 is 6.04 Å². The summed E-state index contributed by atoms with van der Waals surface area (Å²) in [6.45, 7) is 14.3. The number of aliphatic imine (C=N–C) groups is 1. The maximum absolute atomic E-state index is 12.9. The number of nitrogens with two attached hydrogens (primary N) is 2. The monoisotopic (exact) mass is 768 g/mol. The zero-order chi connectivity index (χ0) is 40.7. The number of unbranched alkanes of at least 4 members (excludes halogenated alkanes) is 13. The van der Waals surface area contributed by atoms with Crippen LogP contribution in [0.4, 0.5) is 0 Å². The van der Waals surface area contributed by atoms with Crippen molar-refractivity contribution in [1.29, 1.82) is 0 Å². The smallest absolute Gasteiger partial charge is 0.308 e. The second-order valence-electron chi connectivity index (χ2n) is 14.4. The molecule has 0 aliphatic heterocycles. The molecule has 0 saturated heterocycles. The van der Waals surface area contributed by atoms with Crippen LogP contribution in [0.5, 0.6) is 0 Å². The maximum Gasteiger partial charge on any atom is 0.308 e. The molecule has 0 heterocycles. The zero-order valence-corrected chi connectivity index (χ0v) is 35.8. The third-order valence-corrected chi connectivity index (χ3v) is 9.52. The van der Waals surface area contributed by atoms with Gasteiger partial charge in [-0.15, -0.1) is 0 Å². The topological polar surface area (TPSA) is 175 Å². The van der Waals surface area contributed by atoms with Crippen molar-refractivity contribution in [2.75, 3.05) is 26.3 Å². The molecule has 0 spiro atoms. The van der Waals surface area contributed by atoms with E-state index in [-0.39, 0.29) is 48.1 Å². The molecule has 0 aliphatic rings. The number of esters is 2. The van der Waals surface area contributed by atoms with Crippen LogP contribution in [0, 0.1) is 11.8 Å². The molecule has 0 aliphatic carbocycles. The van der Waals surface area contributed by atoms with Crippen LogP contribution in [0.3, 0.4) is 0 Å². The van der Waals surface area contributed by atoms with E-state index in [1.54, 1.807) is 0 Å². The minimum atomic E-state index is -0.699. The molecule has 2 amide bonds. The number of hydrogen-bond donors (Lipinski definition) is 4. The normalized spacial score (nSPS) is 12.4. The summed E-state index contributed by atoms with van der Waals surface area (Å²) in [6.07, 6.45) is 23.3. The third-order valence-electron chi connectivity index (χ3n) is 9.52. The summed E-state index contributed by atoms with van der Waals surface area (Å²) in [4.78, 5) is 54.5. The number of nitrogens with one attached hydrogen (secondary N) is 2. The van der Waals surface area contributed by atoms with E-state index in [1.165, 1.54) is 0 Å². The fraction of sp³-hybridized carbons (Fsp3) is 0.884. The largest absolute Gasteiger partial charge is 0.465 e. The fourth-order valence-electron chi connectivity index (χ4n) is 6.36. The van der Waals surface area contributed by atoms with Gasteiger partial charge in [0.15, 0.2) is 5.96 Å². The van der Waals surface area contributed by atoms with Gasteiger partial charge in [-0.25, -0.2) is 0 Å². The van der Waals surface area contributed by atoms with E-state index in [1.807, 2.05) is 13.8 Å². The Hall–Kier alpha value is -2.85. The van der Waals surface area contributed by atoms with Crippen molar-refractivity contribution in [3.8, 4) is 0 Å². The Balaban J connectivity index is 0. The van der Waals surface area contributed by atoms with Crippen molar-refractivity contribution < 1.29 is 28.7 Å². The standard InChI is InChI=1S/C41H79N5O6.C2H6/c1-5-9-18-26-34(24-7-3)39(49)51-32-22-16-12-11-15-21-30-44-38(48)36(29-31-45-41(42)43)46-37(47)28-20-14-13-17-23-33-52-40(50)35(25-8-4)27-19-10-6-2;1-2/h34-36H,5-33H2,1-4H3,(H,44,48)(H,46,47)(H4,42,43,45);1-2H3. The summed E-state index contributed by atoms with van der Waals surface area (Å²) >= 11 is 0. The lowest BCUT2D eigenvalue weighted by Gasteiger charge is -2.18. The summed E-state index contributed by atoms with van der Waals surface area (Å²) in [5.41, 5.74) is 10.9. The van der Waals surface area contributed by atoms with E-state index in [0.29, 0.717) is 32.6 Å². The molecule has 11 heteroatoms.